The lowest BCUT2D eigenvalue weighted by Crippen LogP contribution is -1.66. The van der Waals surface area contributed by atoms with Crippen molar-refractivity contribution in [3.05, 3.63) is 0 Å². The van der Waals surface area contributed by atoms with Crippen LogP contribution in [0.25, 0.3) is 0 Å². The highest BCUT2D eigenvalue weighted by Crippen LogP contribution is 2.26. The van der Waals surface area contributed by atoms with Crippen molar-refractivity contribution < 1.29 is 38.5 Å². The van der Waals surface area contributed by atoms with E-state index in [4.69, 9.17) is 38.5 Å². The highest BCUT2D eigenvalue weighted by atomic mass is 31.2. The maximum Gasteiger partial charge on any atom is 0.466 e. The molecule has 0 aromatic carbocycles. The summed E-state index contributed by atoms with van der Waals surface area (Å²) in [6.07, 6.45) is 0. The molecule has 13 nitrogen and oxygen atoms in total. The van der Waals surface area contributed by atoms with E-state index < -0.39 is 15.6 Å². The van der Waals surface area contributed by atoms with Crippen molar-refractivity contribution in [3.63, 3.8) is 0 Å². The largest absolute Gasteiger partial charge is 0.466 e. The van der Waals surface area contributed by atoms with Gasteiger partial charge in [-0.05, 0) is 0 Å². The van der Waals surface area contributed by atoms with Crippen molar-refractivity contribution in [2.24, 2.45) is 0 Å². The smallest absolute Gasteiger partial charge is 0.344 e. The highest BCUT2D eigenvalue weighted by Gasteiger charge is 2.00. The summed E-state index contributed by atoms with van der Waals surface area (Å²) in [4.78, 5) is 43.1. The van der Waals surface area contributed by atoms with Gasteiger partial charge >= 0.3 is 15.6 Å². The first-order chi connectivity index (χ1) is 4.00. The van der Waals surface area contributed by atoms with Gasteiger partial charge in [-0.1, -0.05) is 0 Å². The van der Waals surface area contributed by atoms with Gasteiger partial charge in [0.15, 0.2) is 0 Å². The topological polar surface area (TPSA) is 331 Å². The van der Waals surface area contributed by atoms with Crippen molar-refractivity contribution >= 4 is 15.6 Å². The summed E-state index contributed by atoms with van der Waals surface area (Å²) < 4.78 is 17.8. The molecule has 0 rings (SSSR count). The van der Waals surface area contributed by atoms with E-state index in [1.165, 1.54) is 0 Å². The maximum atomic E-state index is 8.88. The zero-order valence-corrected chi connectivity index (χ0v) is 9.72. The summed E-state index contributed by atoms with van der Waals surface area (Å²) in [7, 11) is -9.28. The van der Waals surface area contributed by atoms with Gasteiger partial charge in [-0.15, -0.1) is 0 Å². The second kappa shape index (κ2) is 16.4. The fourth-order valence-electron chi connectivity index (χ4n) is 0. The third-order valence-corrected chi connectivity index (χ3v) is 0. The van der Waals surface area contributed by atoms with Crippen LogP contribution in [0.15, 0.2) is 0 Å². The van der Waals surface area contributed by atoms with Crippen LogP contribution in [0.5, 0.6) is 0 Å². The minimum Gasteiger partial charge on any atom is -0.344 e. The lowest BCUT2D eigenvalue weighted by Gasteiger charge is -1.82. The van der Waals surface area contributed by atoms with Crippen LogP contribution in [-0.2, 0) is 9.13 Å². The molecule has 0 aliphatic carbocycles. The molecule has 0 bridgehead atoms. The molecule has 0 aromatic rings. The molecule has 0 aliphatic rings. The van der Waals surface area contributed by atoms with Gasteiger partial charge in [0.05, 0.1) is 0 Å². The van der Waals surface area contributed by atoms with Crippen LogP contribution in [0, 0.1) is 0 Å². The molecule has 0 heterocycles. The van der Waals surface area contributed by atoms with Gasteiger partial charge in [-0.25, -0.2) is 9.13 Å². The Hall–Kier alpha value is 0.0200. The number of rotatable bonds is 0. The second-order valence-corrected chi connectivity index (χ2v) is 3.08. The van der Waals surface area contributed by atoms with Gasteiger partial charge in [-0.2, -0.15) is 0 Å². The van der Waals surface area contributed by atoms with Gasteiger partial charge in [-0.3, -0.25) is 0 Å². The van der Waals surface area contributed by atoms with Crippen molar-refractivity contribution in [2.75, 3.05) is 0 Å². The lowest BCUT2D eigenvalue weighted by atomic mass is 14.0. The van der Waals surface area contributed by atoms with Gasteiger partial charge in [0.2, 0.25) is 0 Å². The summed E-state index contributed by atoms with van der Waals surface area (Å²) in [6, 6.07) is 0. The fraction of sp³-hybridized carbons (Fsp3) is 0. The van der Waals surface area contributed by atoms with Crippen LogP contribution in [0.2, 0.25) is 0 Å². The molecular weight excluding hydrogens is 260 g/mol. The van der Waals surface area contributed by atoms with Crippen LogP contribution in [0.3, 0.4) is 0 Å². The van der Waals surface area contributed by atoms with E-state index in [0.717, 1.165) is 0 Å². The zero-order chi connectivity index (χ0) is 9.00. The molecule has 0 spiro atoms. The first-order valence-electron chi connectivity index (χ1n) is 1.57. The molecule has 0 unspecified atom stereocenters. The normalized spacial score (nSPS) is 7.87. The van der Waals surface area contributed by atoms with Gasteiger partial charge < -0.3 is 60.1 Å². The van der Waals surface area contributed by atoms with E-state index in [1.54, 1.807) is 0 Å². The summed E-state index contributed by atoms with van der Waals surface area (Å²) in [5.74, 6) is 0. The third-order valence-electron chi connectivity index (χ3n) is 0. The molecule has 0 saturated heterocycles. The molecule has 15 heteroatoms. The molecule has 0 aromatic heterocycles. The quantitative estimate of drug-likeness (QED) is 0.236. The Bertz CT molecular complexity index is 133. The number of phosphoric acid groups is 2. The molecule has 0 fully saturated rings. The average Bonchev–Trinajstić information content (AvgIpc) is 1.12. The van der Waals surface area contributed by atoms with Gasteiger partial charge in [0.1, 0.15) is 0 Å². The van der Waals surface area contributed by atoms with Crippen LogP contribution in [0.1, 0.15) is 0 Å². The minimum atomic E-state index is -4.64. The van der Waals surface area contributed by atoms with E-state index in [1.807, 2.05) is 0 Å². The minimum absolute atomic E-state index is 0. The van der Waals surface area contributed by atoms with E-state index in [2.05, 4.69) is 0 Å². The number of hydrogen-bond acceptors (Lipinski definition) is 7. The molecule has 0 amide bonds. The molecule has 0 aliphatic heterocycles. The Balaban J connectivity index is -0.0000000128. The summed E-state index contributed by atoms with van der Waals surface area (Å²) in [5.41, 5.74) is 0. The molecule has 21 N–H and O–H groups in total. The molecule has 0 atom stereocenters. The van der Waals surface area contributed by atoms with Crippen LogP contribution in [-0.4, -0.2) is 29.4 Å². The Morgan fingerprint density at radius 2 is 0.467 bits per heavy atom. The van der Waals surface area contributed by atoms with E-state index >= 15 is 0 Å². The Morgan fingerprint density at radius 1 is 0.467 bits per heavy atom. The first-order valence-corrected chi connectivity index (χ1v) is 4.70. The predicted molar refractivity (Wildman–Crippen MR) is 53.6 cm³/mol. The summed E-state index contributed by atoms with van der Waals surface area (Å²) in [5, 5.41) is 0. The maximum absolute atomic E-state index is 8.88. The summed E-state index contributed by atoms with van der Waals surface area (Å²) in [6.45, 7) is 0. The SMILES string of the molecule is N.N.N.N.N.O=P(O)(O)O.O=P(O)(O)O. The second-order valence-electron chi connectivity index (χ2n) is 1.03. The van der Waals surface area contributed by atoms with Crippen LogP contribution >= 0.6 is 15.6 Å². The van der Waals surface area contributed by atoms with E-state index in [-0.39, 0.29) is 30.8 Å². The van der Waals surface area contributed by atoms with Crippen LogP contribution in [0.4, 0.5) is 0 Å². The van der Waals surface area contributed by atoms with Crippen LogP contribution < -0.4 is 30.8 Å². The van der Waals surface area contributed by atoms with E-state index in [0.29, 0.717) is 0 Å². The van der Waals surface area contributed by atoms with Crippen molar-refractivity contribution in [2.45, 2.75) is 0 Å². The molecular formula is H21N5O8P2. The molecule has 0 radical (unpaired) electrons. The monoisotopic (exact) mass is 281 g/mol. The van der Waals surface area contributed by atoms with Crippen molar-refractivity contribution in [1.29, 1.82) is 0 Å². The summed E-state index contributed by atoms with van der Waals surface area (Å²) >= 11 is 0. The van der Waals surface area contributed by atoms with Crippen molar-refractivity contribution in [3.8, 4) is 0 Å². The fourth-order valence-corrected chi connectivity index (χ4v) is 0. The third kappa shape index (κ3) is 5060000. The van der Waals surface area contributed by atoms with Crippen molar-refractivity contribution in [1.82, 2.24) is 30.8 Å². The highest BCUT2D eigenvalue weighted by molar-refractivity contribution is 7.45. The van der Waals surface area contributed by atoms with Gasteiger partial charge in [0.25, 0.3) is 0 Å². The van der Waals surface area contributed by atoms with E-state index in [9.17, 15) is 0 Å². The Labute approximate surface area is 85.9 Å². The molecule has 15 heavy (non-hydrogen) atoms. The first kappa shape index (κ1) is 45.9. The lowest BCUT2D eigenvalue weighted by molar-refractivity contribution is 0.272. The molecule has 104 valence electrons. The van der Waals surface area contributed by atoms with Gasteiger partial charge in [0, 0.05) is 0 Å². The molecule has 0 saturated carbocycles. The number of hydrogen-bond donors (Lipinski definition) is 11. The Kier molecular flexibility index (Phi) is 50.3. The zero-order valence-electron chi connectivity index (χ0n) is 7.93. The predicted octanol–water partition coefficient (Wildman–Crippen LogP) is -1.05. The Morgan fingerprint density at radius 3 is 0.467 bits per heavy atom. The average molecular weight is 281 g/mol. The standard InChI is InChI=1S/5H3N.2H3O4P/c;;;;;2*1-5(2,3)4/h5*1H3;2*(H3,1,2,3,4).